The Morgan fingerprint density at radius 3 is 2.92 bits per heavy atom. The fourth-order valence-corrected chi connectivity index (χ4v) is 2.61. The van der Waals surface area contributed by atoms with Crippen molar-refractivity contribution in [1.82, 2.24) is 25.3 Å². The summed E-state index contributed by atoms with van der Waals surface area (Å²) in [5.74, 6) is 0.819. The summed E-state index contributed by atoms with van der Waals surface area (Å²) in [5, 5.41) is 6.83. The van der Waals surface area contributed by atoms with Crippen LogP contribution in [0.1, 0.15) is 31.7 Å². The quantitative estimate of drug-likeness (QED) is 0.921. The Bertz CT molecular complexity index is 669. The molecule has 24 heavy (non-hydrogen) atoms. The second-order valence-electron chi connectivity index (χ2n) is 5.82. The van der Waals surface area contributed by atoms with Gasteiger partial charge >= 0.3 is 6.03 Å². The van der Waals surface area contributed by atoms with Gasteiger partial charge < -0.3 is 19.5 Å². The van der Waals surface area contributed by atoms with Gasteiger partial charge in [0.25, 0.3) is 0 Å². The SMILES string of the molecule is CC(NC(=O)N(C)C1CCOCC1)c1nc(-c2cccnc2)no1. The maximum Gasteiger partial charge on any atom is 0.318 e. The molecule has 2 aromatic heterocycles. The molecule has 0 aliphatic carbocycles. The number of rotatable bonds is 4. The highest BCUT2D eigenvalue weighted by Crippen LogP contribution is 2.18. The van der Waals surface area contributed by atoms with Crippen LogP contribution < -0.4 is 5.32 Å². The van der Waals surface area contributed by atoms with Gasteiger partial charge in [-0.15, -0.1) is 0 Å². The first kappa shape index (κ1) is 16.4. The Morgan fingerprint density at radius 1 is 1.42 bits per heavy atom. The van der Waals surface area contributed by atoms with Crippen LogP contribution in [0.2, 0.25) is 0 Å². The lowest BCUT2D eigenvalue weighted by molar-refractivity contribution is 0.0521. The van der Waals surface area contributed by atoms with Crippen molar-refractivity contribution in [1.29, 1.82) is 0 Å². The van der Waals surface area contributed by atoms with E-state index in [1.165, 1.54) is 0 Å². The van der Waals surface area contributed by atoms with E-state index in [0.29, 0.717) is 24.9 Å². The molecule has 1 unspecified atom stereocenters. The lowest BCUT2D eigenvalue weighted by atomic mass is 10.1. The third-order valence-corrected chi connectivity index (χ3v) is 4.13. The van der Waals surface area contributed by atoms with Crippen LogP contribution in [0.15, 0.2) is 29.0 Å². The lowest BCUT2D eigenvalue weighted by Gasteiger charge is -2.31. The molecule has 8 nitrogen and oxygen atoms in total. The van der Waals surface area contributed by atoms with Crippen molar-refractivity contribution in [2.45, 2.75) is 31.8 Å². The molecule has 2 amide bonds. The molecule has 1 N–H and O–H groups in total. The van der Waals surface area contributed by atoms with Crippen LogP contribution in [0.3, 0.4) is 0 Å². The molecule has 128 valence electrons. The number of ether oxygens (including phenoxy) is 1. The Labute approximate surface area is 140 Å². The largest absolute Gasteiger partial charge is 0.381 e. The van der Waals surface area contributed by atoms with Gasteiger partial charge in [0.2, 0.25) is 11.7 Å². The van der Waals surface area contributed by atoms with Crippen LogP contribution in [0.4, 0.5) is 4.79 Å². The van der Waals surface area contributed by atoms with E-state index in [0.717, 1.165) is 18.4 Å². The minimum atomic E-state index is -0.377. The molecule has 3 rings (SSSR count). The van der Waals surface area contributed by atoms with E-state index < -0.39 is 0 Å². The zero-order chi connectivity index (χ0) is 16.9. The molecule has 0 bridgehead atoms. The molecule has 0 radical (unpaired) electrons. The second-order valence-corrected chi connectivity index (χ2v) is 5.82. The minimum absolute atomic E-state index is 0.157. The van der Waals surface area contributed by atoms with Crippen molar-refractivity contribution in [3.63, 3.8) is 0 Å². The van der Waals surface area contributed by atoms with E-state index in [1.54, 1.807) is 30.4 Å². The van der Waals surface area contributed by atoms with Crippen LogP contribution in [-0.2, 0) is 4.74 Å². The average Bonchev–Trinajstić information content (AvgIpc) is 3.13. The molecule has 1 saturated heterocycles. The fourth-order valence-electron chi connectivity index (χ4n) is 2.61. The predicted octanol–water partition coefficient (Wildman–Crippen LogP) is 2.01. The number of nitrogens with zero attached hydrogens (tertiary/aromatic N) is 4. The molecule has 8 heteroatoms. The maximum atomic E-state index is 12.4. The molecule has 0 saturated carbocycles. The zero-order valence-electron chi connectivity index (χ0n) is 13.8. The normalized spacial score (nSPS) is 16.6. The Kier molecular flexibility index (Phi) is 5.05. The third-order valence-electron chi connectivity index (χ3n) is 4.13. The number of urea groups is 1. The smallest absolute Gasteiger partial charge is 0.318 e. The molecular weight excluding hydrogens is 310 g/mol. The number of carbonyl (C=O) groups excluding carboxylic acids is 1. The molecular formula is C16H21N5O3. The van der Waals surface area contributed by atoms with Gasteiger partial charge in [-0.1, -0.05) is 5.16 Å². The number of pyridine rings is 1. The van der Waals surface area contributed by atoms with Crippen LogP contribution in [0.5, 0.6) is 0 Å². The molecule has 2 aromatic rings. The van der Waals surface area contributed by atoms with Crippen molar-refractivity contribution in [3.8, 4) is 11.4 Å². The highest BCUT2D eigenvalue weighted by molar-refractivity contribution is 5.74. The van der Waals surface area contributed by atoms with E-state index in [-0.39, 0.29) is 18.1 Å². The van der Waals surface area contributed by atoms with Crippen molar-refractivity contribution in [2.24, 2.45) is 0 Å². The molecule has 1 fully saturated rings. The standard InChI is InChI=1S/C16H21N5O3/c1-11(18-16(22)21(2)13-5-8-23-9-6-13)15-19-14(20-24-15)12-4-3-7-17-10-12/h3-4,7,10-11,13H,5-6,8-9H2,1-2H3,(H,18,22). The van der Waals surface area contributed by atoms with E-state index in [2.05, 4.69) is 20.4 Å². The summed E-state index contributed by atoms with van der Waals surface area (Å²) in [6, 6.07) is 3.32. The van der Waals surface area contributed by atoms with Crippen molar-refractivity contribution >= 4 is 6.03 Å². The molecule has 0 spiro atoms. The highest BCUT2D eigenvalue weighted by atomic mass is 16.5. The number of hydrogen-bond acceptors (Lipinski definition) is 6. The summed E-state index contributed by atoms with van der Waals surface area (Å²) < 4.78 is 10.6. The first-order valence-corrected chi connectivity index (χ1v) is 8.00. The van der Waals surface area contributed by atoms with Gasteiger partial charge in [-0.05, 0) is 31.9 Å². The third kappa shape index (κ3) is 3.70. The summed E-state index contributed by atoms with van der Waals surface area (Å²) in [4.78, 5) is 22.5. The maximum absolute atomic E-state index is 12.4. The predicted molar refractivity (Wildman–Crippen MR) is 86.1 cm³/mol. The number of aromatic nitrogens is 3. The van der Waals surface area contributed by atoms with Crippen molar-refractivity contribution < 1.29 is 14.1 Å². The van der Waals surface area contributed by atoms with Gasteiger partial charge in [-0.3, -0.25) is 4.98 Å². The molecule has 0 aromatic carbocycles. The van der Waals surface area contributed by atoms with E-state index in [9.17, 15) is 4.79 Å². The van der Waals surface area contributed by atoms with Crippen LogP contribution >= 0.6 is 0 Å². The van der Waals surface area contributed by atoms with Crippen molar-refractivity contribution in [3.05, 3.63) is 30.4 Å². The zero-order valence-corrected chi connectivity index (χ0v) is 13.8. The molecule has 1 aliphatic heterocycles. The Balaban J connectivity index is 1.61. The van der Waals surface area contributed by atoms with Crippen LogP contribution in [-0.4, -0.2) is 52.4 Å². The van der Waals surface area contributed by atoms with Gasteiger partial charge in [-0.25, -0.2) is 4.79 Å². The second kappa shape index (κ2) is 7.39. The lowest BCUT2D eigenvalue weighted by Crippen LogP contribution is -2.46. The first-order valence-electron chi connectivity index (χ1n) is 8.00. The number of hydrogen-bond donors (Lipinski definition) is 1. The summed E-state index contributed by atoms with van der Waals surface area (Å²) in [6.07, 6.45) is 5.05. The minimum Gasteiger partial charge on any atom is -0.381 e. The summed E-state index contributed by atoms with van der Waals surface area (Å²) in [5.41, 5.74) is 0.769. The highest BCUT2D eigenvalue weighted by Gasteiger charge is 2.25. The Morgan fingerprint density at radius 2 is 2.21 bits per heavy atom. The fraction of sp³-hybridized carbons (Fsp3) is 0.500. The molecule has 1 aliphatic rings. The first-order chi connectivity index (χ1) is 11.6. The van der Waals surface area contributed by atoms with Crippen LogP contribution in [0.25, 0.3) is 11.4 Å². The number of amides is 2. The van der Waals surface area contributed by atoms with Gasteiger partial charge in [0.05, 0.1) is 0 Å². The van der Waals surface area contributed by atoms with Gasteiger partial charge in [-0.2, -0.15) is 4.98 Å². The van der Waals surface area contributed by atoms with Crippen molar-refractivity contribution in [2.75, 3.05) is 20.3 Å². The molecule has 3 heterocycles. The van der Waals surface area contributed by atoms with E-state index >= 15 is 0 Å². The number of carbonyl (C=O) groups is 1. The van der Waals surface area contributed by atoms with Gasteiger partial charge in [0, 0.05) is 44.3 Å². The Hall–Kier alpha value is -2.48. The molecule has 1 atom stereocenters. The summed E-state index contributed by atoms with van der Waals surface area (Å²) in [6.45, 7) is 3.20. The number of nitrogens with one attached hydrogen (secondary N) is 1. The topological polar surface area (TPSA) is 93.4 Å². The summed E-state index contributed by atoms with van der Waals surface area (Å²) in [7, 11) is 1.80. The average molecular weight is 331 g/mol. The monoisotopic (exact) mass is 331 g/mol. The summed E-state index contributed by atoms with van der Waals surface area (Å²) >= 11 is 0. The van der Waals surface area contributed by atoms with E-state index in [4.69, 9.17) is 9.26 Å². The van der Waals surface area contributed by atoms with Gasteiger partial charge in [0.15, 0.2) is 0 Å². The van der Waals surface area contributed by atoms with Crippen LogP contribution in [0, 0.1) is 0 Å². The van der Waals surface area contributed by atoms with E-state index in [1.807, 2.05) is 13.0 Å². The van der Waals surface area contributed by atoms with Gasteiger partial charge in [0.1, 0.15) is 6.04 Å².